The van der Waals surface area contributed by atoms with Crippen LogP contribution in [0.25, 0.3) is 0 Å². The van der Waals surface area contributed by atoms with Gasteiger partial charge in [0.25, 0.3) is 0 Å². The fourth-order valence-corrected chi connectivity index (χ4v) is 11.5. The summed E-state index contributed by atoms with van der Waals surface area (Å²) in [5.41, 5.74) is 0. The highest BCUT2D eigenvalue weighted by Gasteiger charge is 2.44. The minimum Gasteiger partial charge on any atom is -0.394 e. The third-order valence-electron chi connectivity index (χ3n) is 17.0. The Morgan fingerprint density at radius 3 is 1.03 bits per heavy atom. The van der Waals surface area contributed by atoms with Gasteiger partial charge in [0.15, 0.2) is 6.29 Å². The summed E-state index contributed by atoms with van der Waals surface area (Å²) in [7, 11) is 0. The Balaban J connectivity index is 2.12. The van der Waals surface area contributed by atoms with Crippen LogP contribution in [-0.2, 0) is 14.3 Å². The van der Waals surface area contributed by atoms with Crippen molar-refractivity contribution in [2.45, 2.75) is 403 Å². The number of hydrogen-bond donors (Lipinski definition) is 6. The second kappa shape index (κ2) is 59.8. The lowest BCUT2D eigenvalue weighted by atomic mass is 9.99. The Labute approximate surface area is 489 Å². The second-order valence-electron chi connectivity index (χ2n) is 24.7. The molecule has 7 unspecified atom stereocenters. The molecule has 0 aromatic rings. The highest BCUT2D eigenvalue weighted by atomic mass is 16.7. The molecule has 0 radical (unpaired) electrons. The van der Waals surface area contributed by atoms with E-state index in [2.05, 4.69) is 31.3 Å². The zero-order valence-electron chi connectivity index (χ0n) is 52.4. The number of rotatable bonds is 62. The van der Waals surface area contributed by atoms with Gasteiger partial charge in [0.1, 0.15) is 24.4 Å². The van der Waals surface area contributed by atoms with Crippen molar-refractivity contribution >= 4 is 5.91 Å². The topological polar surface area (TPSA) is 149 Å². The van der Waals surface area contributed by atoms with Gasteiger partial charge in [0.05, 0.1) is 25.4 Å². The Bertz CT molecular complexity index is 1300. The summed E-state index contributed by atoms with van der Waals surface area (Å²) < 4.78 is 11.3. The first kappa shape index (κ1) is 75.7. The maximum Gasteiger partial charge on any atom is 0.220 e. The third-order valence-corrected chi connectivity index (χ3v) is 17.0. The molecule has 1 aliphatic rings. The van der Waals surface area contributed by atoms with E-state index in [9.17, 15) is 30.3 Å². The Hall–Kier alpha value is -1.33. The molecule has 1 fully saturated rings. The van der Waals surface area contributed by atoms with Crippen molar-refractivity contribution < 1.29 is 39.8 Å². The predicted octanol–water partition coefficient (Wildman–Crippen LogP) is 18.9. The molecule has 9 nitrogen and oxygen atoms in total. The number of aliphatic hydroxyl groups is 5. The van der Waals surface area contributed by atoms with Crippen LogP contribution in [0.2, 0.25) is 0 Å². The molecule has 0 spiro atoms. The summed E-state index contributed by atoms with van der Waals surface area (Å²) in [6.45, 7) is 3.84. The maximum absolute atomic E-state index is 13.1. The molecule has 468 valence electrons. The number of nitrogens with one attached hydrogen (secondary N) is 1. The molecule has 0 bridgehead atoms. The standard InChI is InChI=1S/C70H135NO8/c1-3-5-7-9-11-13-15-17-19-21-23-25-27-29-30-31-32-33-34-36-37-39-41-43-45-47-49-51-53-55-57-59-64(73)63(62-78-70-69(77)68(76)67(75)65(61-72)79-70)71-66(74)60-58-56-54-52-50-48-46-44-42-40-38-35-28-26-24-22-20-18-16-14-12-10-8-6-4-2/h22,24,57,59,63-65,67-70,72-73,75-77H,3-21,23,25-56,58,60-62H2,1-2H3,(H,71,74)/b24-22-,59-57+. The van der Waals surface area contributed by atoms with Crippen molar-refractivity contribution in [1.82, 2.24) is 5.32 Å². The first-order chi connectivity index (χ1) is 38.8. The van der Waals surface area contributed by atoms with E-state index in [-0.39, 0.29) is 12.5 Å². The molecule has 1 saturated heterocycles. The van der Waals surface area contributed by atoms with Gasteiger partial charge in [-0.2, -0.15) is 0 Å². The molecular formula is C70H135NO8. The summed E-state index contributed by atoms with van der Waals surface area (Å²) in [5.74, 6) is -0.170. The first-order valence-electron chi connectivity index (χ1n) is 35.1. The minimum atomic E-state index is -1.57. The summed E-state index contributed by atoms with van der Waals surface area (Å²) in [6, 6.07) is -0.805. The SMILES string of the molecule is CCCCCCCCCC/C=C\CCCCCCCCCCCCCCCC(=O)NC(COC1OC(CO)C(O)C(O)C1O)C(O)/C=C/CCCCCCCCCCCCCCCCCCCCCCCCCCCCCCC. The molecule has 0 aliphatic carbocycles. The van der Waals surface area contributed by atoms with E-state index in [4.69, 9.17) is 9.47 Å². The van der Waals surface area contributed by atoms with Crippen LogP contribution >= 0.6 is 0 Å². The van der Waals surface area contributed by atoms with Crippen molar-refractivity contribution in [3.8, 4) is 0 Å². The minimum absolute atomic E-state index is 0.170. The quantitative estimate of drug-likeness (QED) is 0.0261. The number of unbranched alkanes of at least 4 members (excludes halogenated alkanes) is 50. The molecule has 9 heteroatoms. The van der Waals surface area contributed by atoms with Crippen LogP contribution in [0, 0.1) is 0 Å². The van der Waals surface area contributed by atoms with E-state index in [1.807, 2.05) is 6.08 Å². The zero-order valence-corrected chi connectivity index (χ0v) is 52.4. The lowest BCUT2D eigenvalue weighted by molar-refractivity contribution is -0.302. The van der Waals surface area contributed by atoms with Gasteiger partial charge in [-0.25, -0.2) is 0 Å². The summed E-state index contributed by atoms with van der Waals surface area (Å²) in [6.07, 6.45) is 71.4. The van der Waals surface area contributed by atoms with E-state index < -0.39 is 49.5 Å². The predicted molar refractivity (Wildman–Crippen MR) is 337 cm³/mol. The molecule has 1 heterocycles. The smallest absolute Gasteiger partial charge is 0.220 e. The molecule has 79 heavy (non-hydrogen) atoms. The lowest BCUT2D eigenvalue weighted by Gasteiger charge is -2.40. The van der Waals surface area contributed by atoms with Crippen LogP contribution in [0.4, 0.5) is 0 Å². The average Bonchev–Trinajstić information content (AvgIpc) is 3.47. The normalized spacial score (nSPS) is 18.6. The van der Waals surface area contributed by atoms with Gasteiger partial charge in [-0.1, -0.05) is 334 Å². The van der Waals surface area contributed by atoms with Crippen LogP contribution in [-0.4, -0.2) is 87.5 Å². The molecule has 0 saturated carbocycles. The van der Waals surface area contributed by atoms with E-state index in [1.54, 1.807) is 6.08 Å². The van der Waals surface area contributed by atoms with Gasteiger partial charge >= 0.3 is 0 Å². The first-order valence-corrected chi connectivity index (χ1v) is 35.1. The number of hydrogen-bond acceptors (Lipinski definition) is 8. The van der Waals surface area contributed by atoms with E-state index in [0.717, 1.165) is 38.5 Å². The molecule has 1 amide bonds. The van der Waals surface area contributed by atoms with Gasteiger partial charge in [-0.15, -0.1) is 0 Å². The van der Waals surface area contributed by atoms with Crippen molar-refractivity contribution in [3.05, 3.63) is 24.3 Å². The van der Waals surface area contributed by atoms with Crippen LogP contribution in [0.3, 0.4) is 0 Å². The van der Waals surface area contributed by atoms with Crippen LogP contribution in [0.1, 0.15) is 361 Å². The molecule has 1 rings (SSSR count). The monoisotopic (exact) mass is 1120 g/mol. The highest BCUT2D eigenvalue weighted by molar-refractivity contribution is 5.76. The molecule has 7 atom stereocenters. The molecule has 0 aromatic carbocycles. The number of aliphatic hydroxyl groups excluding tert-OH is 5. The fraction of sp³-hybridized carbons (Fsp3) is 0.929. The second-order valence-corrected chi connectivity index (χ2v) is 24.7. The van der Waals surface area contributed by atoms with E-state index in [0.29, 0.717) is 6.42 Å². The third kappa shape index (κ3) is 48.7. The Kier molecular flexibility index (Phi) is 57.3. The number of carbonyl (C=O) groups excluding carboxylic acids is 1. The highest BCUT2D eigenvalue weighted by Crippen LogP contribution is 2.23. The van der Waals surface area contributed by atoms with E-state index >= 15 is 0 Å². The van der Waals surface area contributed by atoms with Gasteiger partial charge in [0.2, 0.25) is 5.91 Å². The summed E-state index contributed by atoms with van der Waals surface area (Å²) in [4.78, 5) is 13.1. The Morgan fingerprint density at radius 1 is 0.418 bits per heavy atom. The van der Waals surface area contributed by atoms with Crippen molar-refractivity contribution in [2.24, 2.45) is 0 Å². The van der Waals surface area contributed by atoms with E-state index in [1.165, 1.54) is 302 Å². The molecule has 1 aliphatic heterocycles. The number of amides is 1. The number of allylic oxidation sites excluding steroid dienone is 3. The molecule has 0 aromatic heterocycles. The summed E-state index contributed by atoms with van der Waals surface area (Å²) >= 11 is 0. The number of carbonyl (C=O) groups is 1. The van der Waals surface area contributed by atoms with Crippen molar-refractivity contribution in [2.75, 3.05) is 13.2 Å². The van der Waals surface area contributed by atoms with Crippen molar-refractivity contribution in [3.63, 3.8) is 0 Å². The summed E-state index contributed by atoms with van der Waals surface area (Å²) in [5, 5.41) is 54.8. The average molecular weight is 1120 g/mol. The Morgan fingerprint density at radius 2 is 0.709 bits per heavy atom. The van der Waals surface area contributed by atoms with Gasteiger partial charge < -0.3 is 40.3 Å². The van der Waals surface area contributed by atoms with Crippen LogP contribution in [0.15, 0.2) is 24.3 Å². The van der Waals surface area contributed by atoms with Gasteiger partial charge in [-0.3, -0.25) is 4.79 Å². The maximum atomic E-state index is 13.1. The van der Waals surface area contributed by atoms with Crippen LogP contribution < -0.4 is 5.32 Å². The largest absolute Gasteiger partial charge is 0.394 e. The van der Waals surface area contributed by atoms with Crippen LogP contribution in [0.5, 0.6) is 0 Å². The lowest BCUT2D eigenvalue weighted by Crippen LogP contribution is -2.60. The van der Waals surface area contributed by atoms with Crippen molar-refractivity contribution in [1.29, 1.82) is 0 Å². The van der Waals surface area contributed by atoms with Gasteiger partial charge in [-0.05, 0) is 44.9 Å². The number of ether oxygens (including phenoxy) is 2. The van der Waals surface area contributed by atoms with Gasteiger partial charge in [0, 0.05) is 6.42 Å². The molecular weight excluding hydrogens is 983 g/mol. The zero-order chi connectivity index (χ0) is 57.2. The fourth-order valence-electron chi connectivity index (χ4n) is 11.5. The molecule has 6 N–H and O–H groups in total.